The highest BCUT2D eigenvalue weighted by molar-refractivity contribution is 7.98. The third-order valence-electron chi connectivity index (χ3n) is 2.42. The van der Waals surface area contributed by atoms with Gasteiger partial charge < -0.3 is 10.1 Å². The fourth-order valence-electron chi connectivity index (χ4n) is 1.48. The van der Waals surface area contributed by atoms with Crippen LogP contribution in [0.25, 0.3) is 0 Å². The second-order valence-corrected chi connectivity index (χ2v) is 5.69. The summed E-state index contributed by atoms with van der Waals surface area (Å²) in [4.78, 5) is 4.38. The van der Waals surface area contributed by atoms with Crippen molar-refractivity contribution in [3.05, 3.63) is 24.0 Å². The second kappa shape index (κ2) is 9.22. The summed E-state index contributed by atoms with van der Waals surface area (Å²) in [5.74, 6) is 2.68. The third-order valence-corrected chi connectivity index (χ3v) is 3.11. The van der Waals surface area contributed by atoms with Crippen molar-refractivity contribution >= 4 is 11.8 Å². The lowest BCUT2D eigenvalue weighted by Gasteiger charge is -2.08. The van der Waals surface area contributed by atoms with E-state index < -0.39 is 0 Å². The molecular weight excluding hydrogens is 244 g/mol. The van der Waals surface area contributed by atoms with Gasteiger partial charge in [0.15, 0.2) is 0 Å². The number of nitrogens with zero attached hydrogens (tertiary/aromatic N) is 1. The van der Waals surface area contributed by atoms with E-state index in [1.165, 1.54) is 0 Å². The van der Waals surface area contributed by atoms with Gasteiger partial charge in [-0.2, -0.15) is 11.8 Å². The van der Waals surface area contributed by atoms with Crippen molar-refractivity contribution in [2.45, 2.75) is 26.8 Å². The van der Waals surface area contributed by atoms with Gasteiger partial charge in [-0.1, -0.05) is 13.8 Å². The van der Waals surface area contributed by atoms with Crippen LogP contribution in [0.4, 0.5) is 0 Å². The zero-order chi connectivity index (χ0) is 13.2. The van der Waals surface area contributed by atoms with E-state index in [0.29, 0.717) is 5.92 Å². The molecular formula is C14H24N2OS. The van der Waals surface area contributed by atoms with E-state index in [1.807, 2.05) is 30.1 Å². The average molecular weight is 268 g/mol. The van der Waals surface area contributed by atoms with Gasteiger partial charge >= 0.3 is 0 Å². The van der Waals surface area contributed by atoms with Crippen LogP contribution < -0.4 is 10.1 Å². The quantitative estimate of drug-likeness (QED) is 0.698. The molecule has 0 spiro atoms. The van der Waals surface area contributed by atoms with Crippen molar-refractivity contribution in [2.24, 2.45) is 5.92 Å². The highest BCUT2D eigenvalue weighted by Gasteiger charge is 1.98. The maximum Gasteiger partial charge on any atom is 0.137 e. The summed E-state index contributed by atoms with van der Waals surface area (Å²) >= 11 is 1.85. The first-order chi connectivity index (χ1) is 8.72. The van der Waals surface area contributed by atoms with Crippen LogP contribution in [0.2, 0.25) is 0 Å². The molecule has 0 aliphatic rings. The molecule has 0 radical (unpaired) electrons. The lowest BCUT2D eigenvalue weighted by Crippen LogP contribution is -2.19. The molecule has 18 heavy (non-hydrogen) atoms. The number of thioether (sulfide) groups is 1. The predicted molar refractivity (Wildman–Crippen MR) is 79.3 cm³/mol. The first-order valence-corrected chi connectivity index (χ1v) is 7.89. The molecule has 0 aromatic carbocycles. The van der Waals surface area contributed by atoms with Crippen molar-refractivity contribution < 1.29 is 4.74 Å². The zero-order valence-corrected chi connectivity index (χ0v) is 12.4. The second-order valence-electron chi connectivity index (χ2n) is 4.70. The van der Waals surface area contributed by atoms with Crippen molar-refractivity contribution in [1.29, 1.82) is 0 Å². The van der Waals surface area contributed by atoms with Gasteiger partial charge in [0.2, 0.25) is 0 Å². The Morgan fingerprint density at radius 3 is 2.83 bits per heavy atom. The van der Waals surface area contributed by atoms with E-state index >= 15 is 0 Å². The minimum atomic E-state index is 0.670. The number of hydrogen-bond donors (Lipinski definition) is 1. The number of aromatic nitrogens is 1. The minimum absolute atomic E-state index is 0.670. The molecule has 1 N–H and O–H groups in total. The van der Waals surface area contributed by atoms with Crippen LogP contribution in [0.3, 0.4) is 0 Å². The number of pyridine rings is 1. The van der Waals surface area contributed by atoms with Crippen LogP contribution in [0.5, 0.6) is 5.75 Å². The van der Waals surface area contributed by atoms with Crippen LogP contribution in [0.15, 0.2) is 18.3 Å². The molecule has 0 atom stereocenters. The maximum atomic E-state index is 5.61. The van der Waals surface area contributed by atoms with E-state index in [2.05, 4.69) is 30.4 Å². The largest absolute Gasteiger partial charge is 0.492 e. The van der Waals surface area contributed by atoms with Crippen LogP contribution >= 0.6 is 11.8 Å². The van der Waals surface area contributed by atoms with E-state index in [9.17, 15) is 0 Å². The molecule has 1 aromatic heterocycles. The van der Waals surface area contributed by atoms with Crippen molar-refractivity contribution in [3.8, 4) is 5.75 Å². The van der Waals surface area contributed by atoms with Crippen LogP contribution in [-0.2, 0) is 6.54 Å². The highest BCUT2D eigenvalue weighted by Crippen LogP contribution is 2.10. The number of rotatable bonds is 9. The van der Waals surface area contributed by atoms with E-state index in [-0.39, 0.29) is 0 Å². The number of ether oxygens (including phenoxy) is 1. The van der Waals surface area contributed by atoms with Crippen molar-refractivity contribution in [3.63, 3.8) is 0 Å². The lowest BCUT2D eigenvalue weighted by atomic mass is 10.2. The van der Waals surface area contributed by atoms with E-state index in [0.717, 1.165) is 43.3 Å². The molecule has 0 bridgehead atoms. The van der Waals surface area contributed by atoms with Gasteiger partial charge in [0, 0.05) is 6.54 Å². The summed E-state index contributed by atoms with van der Waals surface area (Å²) < 4.78 is 5.61. The van der Waals surface area contributed by atoms with Gasteiger partial charge in [-0.25, -0.2) is 0 Å². The fraction of sp³-hybridized carbons (Fsp3) is 0.643. The number of hydrogen-bond acceptors (Lipinski definition) is 4. The lowest BCUT2D eigenvalue weighted by molar-refractivity contribution is 0.317. The molecule has 1 rings (SSSR count). The molecule has 4 heteroatoms. The SMILES string of the molecule is CSCCCOc1ccc(CNCC(C)C)nc1. The fourth-order valence-corrected chi connectivity index (χ4v) is 1.89. The Kier molecular flexibility index (Phi) is 7.85. The molecule has 102 valence electrons. The Balaban J connectivity index is 2.24. The molecule has 1 heterocycles. The molecule has 0 amide bonds. The van der Waals surface area contributed by atoms with Crippen LogP contribution in [0.1, 0.15) is 26.0 Å². The first-order valence-electron chi connectivity index (χ1n) is 6.49. The van der Waals surface area contributed by atoms with Crippen molar-refractivity contribution in [1.82, 2.24) is 10.3 Å². The summed E-state index contributed by atoms with van der Waals surface area (Å²) in [5.41, 5.74) is 1.06. The predicted octanol–water partition coefficient (Wildman–Crippen LogP) is 2.96. The molecule has 3 nitrogen and oxygen atoms in total. The average Bonchev–Trinajstić information content (AvgIpc) is 2.36. The maximum absolute atomic E-state index is 5.61. The van der Waals surface area contributed by atoms with Gasteiger partial charge in [0.25, 0.3) is 0 Å². The molecule has 1 aromatic rings. The Morgan fingerprint density at radius 2 is 2.22 bits per heavy atom. The summed E-state index contributed by atoms with van der Waals surface area (Å²) in [5, 5.41) is 3.37. The standard InChI is InChI=1S/C14H24N2OS/c1-12(2)9-15-10-13-5-6-14(11-16-13)17-7-4-8-18-3/h5-6,11-12,15H,4,7-10H2,1-3H3. The third kappa shape index (κ3) is 6.87. The smallest absolute Gasteiger partial charge is 0.137 e. The van der Waals surface area contributed by atoms with Gasteiger partial charge in [-0.3, -0.25) is 4.98 Å². The summed E-state index contributed by atoms with van der Waals surface area (Å²) in [7, 11) is 0. The van der Waals surface area contributed by atoms with Crippen LogP contribution in [0, 0.1) is 5.92 Å². The van der Waals surface area contributed by atoms with Crippen molar-refractivity contribution in [2.75, 3.05) is 25.2 Å². The Morgan fingerprint density at radius 1 is 1.39 bits per heavy atom. The van der Waals surface area contributed by atoms with Gasteiger partial charge in [-0.15, -0.1) is 0 Å². The minimum Gasteiger partial charge on any atom is -0.492 e. The molecule has 0 saturated carbocycles. The number of nitrogens with one attached hydrogen (secondary N) is 1. The van der Waals surface area contributed by atoms with E-state index in [4.69, 9.17) is 4.74 Å². The Bertz CT molecular complexity index is 314. The highest BCUT2D eigenvalue weighted by atomic mass is 32.2. The Labute approximate surface area is 115 Å². The summed E-state index contributed by atoms with van der Waals surface area (Å²) in [6.45, 7) is 7.02. The molecule has 0 aliphatic heterocycles. The molecule has 0 saturated heterocycles. The molecule has 0 aliphatic carbocycles. The first kappa shape index (κ1) is 15.3. The molecule has 0 unspecified atom stereocenters. The van der Waals surface area contributed by atoms with Crippen LogP contribution in [-0.4, -0.2) is 30.1 Å². The zero-order valence-electron chi connectivity index (χ0n) is 11.6. The van der Waals surface area contributed by atoms with Gasteiger partial charge in [-0.05, 0) is 43.0 Å². The topological polar surface area (TPSA) is 34.1 Å². The summed E-state index contributed by atoms with van der Waals surface area (Å²) in [6, 6.07) is 4.02. The van der Waals surface area contributed by atoms with Gasteiger partial charge in [0.1, 0.15) is 5.75 Å². The molecule has 0 fully saturated rings. The van der Waals surface area contributed by atoms with E-state index in [1.54, 1.807) is 0 Å². The van der Waals surface area contributed by atoms with Gasteiger partial charge in [0.05, 0.1) is 18.5 Å². The Hall–Kier alpha value is -0.740. The monoisotopic (exact) mass is 268 g/mol. The summed E-state index contributed by atoms with van der Waals surface area (Å²) in [6.07, 6.45) is 5.00. The normalized spacial score (nSPS) is 10.9.